The number of carbonyl (C=O) groups is 1. The summed E-state index contributed by atoms with van der Waals surface area (Å²) < 4.78 is 5.59. The van der Waals surface area contributed by atoms with Gasteiger partial charge in [-0.05, 0) is 24.6 Å². The zero-order valence-corrected chi connectivity index (χ0v) is 11.6. The van der Waals surface area contributed by atoms with Gasteiger partial charge in [0.2, 0.25) is 0 Å². The van der Waals surface area contributed by atoms with Crippen LogP contribution in [0.3, 0.4) is 0 Å². The number of hydrogen-bond acceptors (Lipinski definition) is 3. The van der Waals surface area contributed by atoms with E-state index in [4.69, 9.17) is 22.1 Å². The lowest BCUT2D eigenvalue weighted by Crippen LogP contribution is -2.31. The topological polar surface area (TPSA) is 67.6 Å². The Morgan fingerprint density at radius 2 is 2.37 bits per heavy atom. The van der Waals surface area contributed by atoms with Crippen LogP contribution < -0.4 is 15.8 Å². The first-order valence-electron chi connectivity index (χ1n) is 6.28. The zero-order valence-electron chi connectivity index (χ0n) is 10.9. The normalized spacial score (nSPS) is 16.4. The van der Waals surface area contributed by atoms with E-state index in [2.05, 4.69) is 5.32 Å². The molecule has 0 radical (unpaired) electrons. The minimum atomic E-state index is -0.0557. The molecule has 1 saturated heterocycles. The van der Waals surface area contributed by atoms with Crippen LogP contribution in [0.4, 0.5) is 4.79 Å². The van der Waals surface area contributed by atoms with Gasteiger partial charge in [-0.2, -0.15) is 0 Å². The minimum Gasteiger partial charge on any atom is -0.490 e. The maximum atomic E-state index is 11.3. The van der Waals surface area contributed by atoms with E-state index in [1.54, 1.807) is 4.90 Å². The number of nitrogens with one attached hydrogen (secondary N) is 1. The van der Waals surface area contributed by atoms with Crippen LogP contribution in [0, 0.1) is 0 Å². The van der Waals surface area contributed by atoms with E-state index in [-0.39, 0.29) is 12.1 Å². The van der Waals surface area contributed by atoms with E-state index in [0.717, 1.165) is 12.1 Å². The molecule has 1 aromatic carbocycles. The molecule has 1 fully saturated rings. The van der Waals surface area contributed by atoms with Gasteiger partial charge in [-0.3, -0.25) is 0 Å². The van der Waals surface area contributed by atoms with E-state index in [9.17, 15) is 4.79 Å². The second-order valence-electron chi connectivity index (χ2n) is 4.55. The van der Waals surface area contributed by atoms with Crippen molar-refractivity contribution < 1.29 is 9.53 Å². The highest BCUT2D eigenvalue weighted by Gasteiger charge is 2.18. The highest BCUT2D eigenvalue weighted by atomic mass is 35.5. The molecular formula is C13H18ClN3O2. The van der Waals surface area contributed by atoms with Gasteiger partial charge in [-0.1, -0.05) is 17.7 Å². The molecule has 1 aliphatic rings. The Hall–Kier alpha value is -1.46. The van der Waals surface area contributed by atoms with Gasteiger partial charge in [0, 0.05) is 19.1 Å². The van der Waals surface area contributed by atoms with Crippen LogP contribution in [0.15, 0.2) is 18.2 Å². The smallest absolute Gasteiger partial charge is 0.317 e. The third kappa shape index (κ3) is 3.52. The fourth-order valence-electron chi connectivity index (χ4n) is 1.91. The number of nitrogens with zero attached hydrogens (tertiary/aromatic N) is 1. The Morgan fingerprint density at radius 1 is 1.58 bits per heavy atom. The molecule has 0 spiro atoms. The molecule has 0 aliphatic carbocycles. The van der Waals surface area contributed by atoms with Crippen molar-refractivity contribution in [3.63, 3.8) is 0 Å². The molecular weight excluding hydrogens is 266 g/mol. The molecule has 0 saturated carbocycles. The average molecular weight is 284 g/mol. The molecule has 0 aromatic heterocycles. The Morgan fingerprint density at radius 3 is 2.95 bits per heavy atom. The Labute approximate surface area is 117 Å². The van der Waals surface area contributed by atoms with Gasteiger partial charge in [-0.25, -0.2) is 4.79 Å². The summed E-state index contributed by atoms with van der Waals surface area (Å²) in [5, 5.41) is 3.28. The predicted octanol–water partition coefficient (Wildman–Crippen LogP) is 1.76. The van der Waals surface area contributed by atoms with Crippen LogP contribution in [0.25, 0.3) is 0 Å². The monoisotopic (exact) mass is 283 g/mol. The highest BCUT2D eigenvalue weighted by Crippen LogP contribution is 2.27. The first-order chi connectivity index (χ1) is 9.08. The van der Waals surface area contributed by atoms with Crippen molar-refractivity contribution >= 4 is 17.6 Å². The van der Waals surface area contributed by atoms with E-state index < -0.39 is 0 Å². The van der Waals surface area contributed by atoms with Crippen LogP contribution in [0.5, 0.6) is 5.75 Å². The average Bonchev–Trinajstić information content (AvgIpc) is 2.77. The van der Waals surface area contributed by atoms with Crippen molar-refractivity contribution in [2.45, 2.75) is 13.0 Å². The second-order valence-corrected chi connectivity index (χ2v) is 4.95. The van der Waals surface area contributed by atoms with Gasteiger partial charge in [0.05, 0.1) is 11.6 Å². The van der Waals surface area contributed by atoms with Crippen molar-refractivity contribution in [1.82, 2.24) is 10.2 Å². The summed E-state index contributed by atoms with van der Waals surface area (Å²) in [7, 11) is 0. The fourth-order valence-corrected chi connectivity index (χ4v) is 2.15. The van der Waals surface area contributed by atoms with Crippen molar-refractivity contribution in [1.29, 1.82) is 0 Å². The highest BCUT2D eigenvalue weighted by molar-refractivity contribution is 6.32. The first kappa shape index (κ1) is 14.0. The van der Waals surface area contributed by atoms with Crippen LogP contribution in [0.2, 0.25) is 5.02 Å². The molecule has 3 N–H and O–H groups in total. The van der Waals surface area contributed by atoms with Gasteiger partial charge in [-0.15, -0.1) is 0 Å². The number of hydrogen-bond donors (Lipinski definition) is 2. The third-order valence-corrected chi connectivity index (χ3v) is 3.34. The molecule has 2 rings (SSSR count). The van der Waals surface area contributed by atoms with Crippen molar-refractivity contribution in [2.24, 2.45) is 5.73 Å². The molecule has 1 heterocycles. The zero-order chi connectivity index (χ0) is 13.8. The molecule has 5 nitrogen and oxygen atoms in total. The molecule has 0 unspecified atom stereocenters. The van der Waals surface area contributed by atoms with Crippen molar-refractivity contribution in [2.75, 3.05) is 26.2 Å². The standard InChI is InChI=1S/C13H18ClN3O2/c1-9(15)10-2-3-12(11(14)8-10)19-7-6-17-5-4-16-13(17)18/h2-3,8-9H,4-7,15H2,1H3,(H,16,18)/t9-/m1/s1. The van der Waals surface area contributed by atoms with Gasteiger partial charge >= 0.3 is 6.03 Å². The molecule has 1 atom stereocenters. The van der Waals surface area contributed by atoms with E-state index >= 15 is 0 Å². The van der Waals surface area contributed by atoms with Gasteiger partial charge in [0.15, 0.2) is 0 Å². The molecule has 1 aliphatic heterocycles. The second kappa shape index (κ2) is 6.12. The summed E-state index contributed by atoms with van der Waals surface area (Å²) in [6.45, 7) is 4.29. The summed E-state index contributed by atoms with van der Waals surface area (Å²) >= 11 is 6.12. The van der Waals surface area contributed by atoms with Crippen LogP contribution >= 0.6 is 11.6 Å². The Bertz CT molecular complexity index is 465. The summed E-state index contributed by atoms with van der Waals surface area (Å²) in [5.74, 6) is 0.616. The Kier molecular flexibility index (Phi) is 4.50. The summed E-state index contributed by atoms with van der Waals surface area (Å²) in [4.78, 5) is 13.0. The lowest BCUT2D eigenvalue weighted by atomic mass is 10.1. The molecule has 1 aromatic rings. The first-order valence-corrected chi connectivity index (χ1v) is 6.66. The fraction of sp³-hybridized carbons (Fsp3) is 0.462. The lowest BCUT2D eigenvalue weighted by molar-refractivity contribution is 0.202. The number of halogens is 1. The van der Waals surface area contributed by atoms with E-state index in [0.29, 0.717) is 30.5 Å². The van der Waals surface area contributed by atoms with Crippen molar-refractivity contribution in [3.8, 4) is 5.75 Å². The number of benzene rings is 1. The van der Waals surface area contributed by atoms with Gasteiger partial charge < -0.3 is 20.7 Å². The molecule has 0 bridgehead atoms. The van der Waals surface area contributed by atoms with E-state index in [1.165, 1.54) is 0 Å². The maximum Gasteiger partial charge on any atom is 0.317 e. The summed E-state index contributed by atoms with van der Waals surface area (Å²) in [5.41, 5.74) is 6.75. The lowest BCUT2D eigenvalue weighted by Gasteiger charge is -2.15. The van der Waals surface area contributed by atoms with Crippen LogP contribution in [-0.2, 0) is 0 Å². The van der Waals surface area contributed by atoms with Gasteiger partial charge in [0.25, 0.3) is 0 Å². The minimum absolute atomic E-state index is 0.0398. The number of rotatable bonds is 5. The number of carbonyl (C=O) groups excluding carboxylic acids is 1. The van der Waals surface area contributed by atoms with Crippen LogP contribution in [-0.4, -0.2) is 37.2 Å². The number of amides is 2. The van der Waals surface area contributed by atoms with E-state index in [1.807, 2.05) is 25.1 Å². The largest absolute Gasteiger partial charge is 0.490 e. The summed E-state index contributed by atoms with van der Waals surface area (Å²) in [6.07, 6.45) is 0. The third-order valence-electron chi connectivity index (χ3n) is 3.05. The number of urea groups is 1. The molecule has 104 valence electrons. The SMILES string of the molecule is C[C@@H](N)c1ccc(OCCN2CCNC2=O)c(Cl)c1. The molecule has 6 heteroatoms. The molecule has 19 heavy (non-hydrogen) atoms. The Balaban J connectivity index is 1.87. The number of ether oxygens (including phenoxy) is 1. The van der Waals surface area contributed by atoms with Crippen LogP contribution in [0.1, 0.15) is 18.5 Å². The summed E-state index contributed by atoms with van der Waals surface area (Å²) in [6, 6.07) is 5.42. The maximum absolute atomic E-state index is 11.3. The quantitative estimate of drug-likeness (QED) is 0.865. The predicted molar refractivity (Wildman–Crippen MR) is 74.5 cm³/mol. The van der Waals surface area contributed by atoms with Crippen molar-refractivity contribution in [3.05, 3.63) is 28.8 Å². The van der Waals surface area contributed by atoms with Gasteiger partial charge in [0.1, 0.15) is 12.4 Å². The molecule has 2 amide bonds. The number of nitrogens with two attached hydrogens (primary N) is 1.